The molecule has 0 bridgehead atoms. The molecule has 8 nitrogen and oxygen atoms in total. The van der Waals surface area contributed by atoms with Crippen LogP contribution in [0.15, 0.2) is 55.1 Å². The molecule has 1 aliphatic carbocycles. The van der Waals surface area contributed by atoms with Crippen LogP contribution in [0.2, 0.25) is 0 Å². The van der Waals surface area contributed by atoms with Gasteiger partial charge >= 0.3 is 6.18 Å². The minimum atomic E-state index is -4.34. The van der Waals surface area contributed by atoms with Crippen molar-refractivity contribution in [1.29, 1.82) is 5.26 Å². The number of hydrogen-bond donors (Lipinski definition) is 0. The third-order valence-corrected chi connectivity index (χ3v) is 7.73. The summed E-state index contributed by atoms with van der Waals surface area (Å²) < 4.78 is 41.0. The molecule has 2 fully saturated rings. The summed E-state index contributed by atoms with van der Waals surface area (Å²) in [6.07, 6.45) is 4.15. The Hall–Kier alpha value is -4.04. The lowest BCUT2D eigenvalue weighted by Gasteiger charge is -2.49. The molecule has 4 aromatic rings. The van der Waals surface area contributed by atoms with Gasteiger partial charge in [0.2, 0.25) is 0 Å². The lowest BCUT2D eigenvalue weighted by atomic mass is 9.86. The molecule has 0 amide bonds. The smallest absolute Gasteiger partial charge is 0.299 e. The molecule has 0 atom stereocenters. The Labute approximate surface area is 229 Å². The molecule has 0 unspecified atom stereocenters. The summed E-state index contributed by atoms with van der Waals surface area (Å²) in [4.78, 5) is 19.0. The summed E-state index contributed by atoms with van der Waals surface area (Å²) in [5, 5.41) is 18.7. The van der Waals surface area contributed by atoms with Gasteiger partial charge in [0.15, 0.2) is 5.65 Å². The number of halogens is 3. The predicted molar refractivity (Wildman–Crippen MR) is 141 cm³/mol. The predicted octanol–water partition coefficient (Wildman–Crippen LogP) is 5.05. The van der Waals surface area contributed by atoms with Crippen LogP contribution in [0.25, 0.3) is 28.0 Å². The molecule has 3 aromatic heterocycles. The number of fused-ring (bicyclic) bond motifs is 1. The third kappa shape index (κ3) is 5.49. The summed E-state index contributed by atoms with van der Waals surface area (Å²) in [6.45, 7) is 2.75. The van der Waals surface area contributed by atoms with E-state index in [-0.39, 0.29) is 12.0 Å². The maximum atomic E-state index is 12.5. The summed E-state index contributed by atoms with van der Waals surface area (Å²) in [7, 11) is 0. The van der Waals surface area contributed by atoms with Crippen molar-refractivity contribution in [3.8, 4) is 28.5 Å². The number of nitrogens with zero attached hydrogens (tertiary/aromatic N) is 7. The van der Waals surface area contributed by atoms with Gasteiger partial charge in [0.1, 0.15) is 11.3 Å². The number of carbonyl (C=O) groups is 1. The van der Waals surface area contributed by atoms with Gasteiger partial charge in [0.05, 0.1) is 43.2 Å². The van der Waals surface area contributed by atoms with Crippen molar-refractivity contribution in [1.82, 2.24) is 29.3 Å². The fourth-order valence-electron chi connectivity index (χ4n) is 5.47. The van der Waals surface area contributed by atoms with Crippen LogP contribution in [0.1, 0.15) is 37.7 Å². The van der Waals surface area contributed by atoms with Gasteiger partial charge in [-0.2, -0.15) is 28.6 Å². The Morgan fingerprint density at radius 1 is 1.07 bits per heavy atom. The van der Waals surface area contributed by atoms with Gasteiger partial charge in [-0.15, -0.1) is 0 Å². The average Bonchev–Trinajstić information content (AvgIpc) is 3.40. The van der Waals surface area contributed by atoms with E-state index in [4.69, 9.17) is 0 Å². The van der Waals surface area contributed by atoms with E-state index in [0.717, 1.165) is 42.2 Å². The van der Waals surface area contributed by atoms with Crippen molar-refractivity contribution in [2.75, 3.05) is 19.6 Å². The number of rotatable bonds is 10. The van der Waals surface area contributed by atoms with E-state index in [0.29, 0.717) is 23.3 Å². The second-order valence-corrected chi connectivity index (χ2v) is 11.0. The van der Waals surface area contributed by atoms with Gasteiger partial charge in [0.25, 0.3) is 0 Å². The Morgan fingerprint density at radius 3 is 2.62 bits per heavy atom. The maximum Gasteiger partial charge on any atom is 0.389 e. The highest BCUT2D eigenvalue weighted by molar-refractivity contribution is 5.81. The molecule has 4 heterocycles. The van der Waals surface area contributed by atoms with Crippen molar-refractivity contribution >= 4 is 11.4 Å². The van der Waals surface area contributed by atoms with Crippen LogP contribution in [-0.4, -0.2) is 60.9 Å². The molecule has 206 valence electrons. The Bertz CT molecular complexity index is 1590. The lowest BCUT2D eigenvalue weighted by molar-refractivity contribution is -0.143. The number of benzene rings is 1. The van der Waals surface area contributed by atoms with Crippen molar-refractivity contribution in [3.63, 3.8) is 0 Å². The van der Waals surface area contributed by atoms with Crippen LogP contribution in [-0.2, 0) is 16.8 Å². The zero-order valence-corrected chi connectivity index (χ0v) is 21.8. The fraction of sp³-hybridized carbons (Fsp3) is 0.414. The molecule has 1 saturated carbocycles. The number of ketones is 1. The summed E-state index contributed by atoms with van der Waals surface area (Å²) in [5.74, 6) is 0.351. The largest absolute Gasteiger partial charge is 0.389 e. The van der Waals surface area contributed by atoms with Gasteiger partial charge in [-0.05, 0) is 36.5 Å². The number of nitriles is 1. The summed E-state index contributed by atoms with van der Waals surface area (Å²) in [5.41, 5.74) is 4.16. The zero-order chi connectivity index (χ0) is 27.9. The van der Waals surface area contributed by atoms with E-state index in [1.54, 1.807) is 41.3 Å². The number of carbonyl (C=O) groups excluding carboxylic acids is 1. The van der Waals surface area contributed by atoms with E-state index in [1.165, 1.54) is 12.8 Å². The van der Waals surface area contributed by atoms with Crippen LogP contribution in [0.3, 0.4) is 0 Å². The van der Waals surface area contributed by atoms with Crippen LogP contribution in [0.4, 0.5) is 13.2 Å². The number of hydrogen-bond acceptors (Lipinski definition) is 6. The second kappa shape index (κ2) is 10.2. The minimum absolute atomic E-state index is 0.0617. The van der Waals surface area contributed by atoms with Crippen molar-refractivity contribution in [2.24, 2.45) is 5.92 Å². The molecule has 2 aliphatic rings. The monoisotopic (exact) mass is 547 g/mol. The molecule has 6 rings (SSSR count). The van der Waals surface area contributed by atoms with E-state index in [1.807, 2.05) is 23.0 Å². The van der Waals surface area contributed by atoms with Gasteiger partial charge in [-0.3, -0.25) is 14.4 Å². The zero-order valence-electron chi connectivity index (χ0n) is 21.8. The second-order valence-electron chi connectivity index (χ2n) is 11.0. The molecular formula is C29H28F3N7O. The van der Waals surface area contributed by atoms with E-state index >= 15 is 0 Å². The molecule has 1 aliphatic heterocycles. The van der Waals surface area contributed by atoms with Gasteiger partial charge in [0, 0.05) is 55.4 Å². The number of likely N-dealkylation sites (tertiary alicyclic amines) is 1. The first-order chi connectivity index (χ1) is 19.2. The number of Topliss-reactive ketones (excluding diaryl/α,β-unsaturated/α-hetero) is 1. The van der Waals surface area contributed by atoms with Crippen molar-refractivity contribution in [2.45, 2.75) is 50.2 Å². The third-order valence-electron chi connectivity index (χ3n) is 7.73. The fourth-order valence-corrected chi connectivity index (χ4v) is 5.47. The molecule has 1 aromatic carbocycles. The number of alkyl halides is 3. The minimum Gasteiger partial charge on any atom is -0.299 e. The molecule has 0 N–H and O–H groups in total. The first-order valence-electron chi connectivity index (χ1n) is 13.4. The average molecular weight is 548 g/mol. The Morgan fingerprint density at radius 2 is 1.88 bits per heavy atom. The topological polar surface area (TPSA) is 92.1 Å². The summed E-state index contributed by atoms with van der Waals surface area (Å²) >= 11 is 0. The van der Waals surface area contributed by atoms with Crippen molar-refractivity contribution < 1.29 is 18.0 Å². The Balaban J connectivity index is 1.18. The lowest BCUT2D eigenvalue weighted by Crippen LogP contribution is -2.62. The van der Waals surface area contributed by atoms with Crippen LogP contribution in [0.5, 0.6) is 0 Å². The van der Waals surface area contributed by atoms with E-state index < -0.39 is 24.8 Å². The molecule has 0 radical (unpaired) electrons. The first-order valence-corrected chi connectivity index (χ1v) is 13.4. The maximum absolute atomic E-state index is 12.5. The van der Waals surface area contributed by atoms with Crippen LogP contribution < -0.4 is 0 Å². The highest BCUT2D eigenvalue weighted by Gasteiger charge is 2.46. The van der Waals surface area contributed by atoms with Crippen LogP contribution in [0, 0.1) is 17.2 Å². The number of aromatic nitrogens is 5. The highest BCUT2D eigenvalue weighted by atomic mass is 19.4. The Kier molecular flexibility index (Phi) is 6.66. The van der Waals surface area contributed by atoms with Gasteiger partial charge < -0.3 is 0 Å². The molecule has 40 heavy (non-hydrogen) atoms. The molecule has 11 heteroatoms. The standard InChI is InChI=1S/C29H28F3N7O/c30-29(31,32)7-6-25(40)11-21-2-1-3-22(10-21)26-15-34-27-12-23(13-36-39(26)27)24-14-35-38(17-24)28(8-9-33)18-37(19-28)16-20-4-5-20/h1-3,10,12-15,17,20H,4-8,11,16,18-19H2. The van der Waals surface area contributed by atoms with Crippen molar-refractivity contribution in [3.05, 3.63) is 60.7 Å². The van der Waals surface area contributed by atoms with Gasteiger partial charge in [-0.1, -0.05) is 18.2 Å². The SMILES string of the molecule is N#CCC1(n2cc(-c3cnn4c(-c5cccc(CC(=O)CCC(F)(F)F)c5)cnc4c3)cn2)CN(CC2CC2)C1. The first kappa shape index (κ1) is 26.2. The van der Waals surface area contributed by atoms with E-state index in [2.05, 4.69) is 26.2 Å². The van der Waals surface area contributed by atoms with Crippen LogP contribution >= 0.6 is 0 Å². The number of imidazole rings is 1. The van der Waals surface area contributed by atoms with Gasteiger partial charge in [-0.25, -0.2) is 9.50 Å². The molecule has 1 saturated heterocycles. The van der Waals surface area contributed by atoms with E-state index in [9.17, 15) is 23.2 Å². The summed E-state index contributed by atoms with van der Waals surface area (Å²) in [6, 6.07) is 11.4. The quantitative estimate of drug-likeness (QED) is 0.276. The normalized spacial score (nSPS) is 17.1. The molecule has 0 spiro atoms. The molecular weight excluding hydrogens is 519 g/mol. The highest BCUT2D eigenvalue weighted by Crippen LogP contribution is 2.38.